The van der Waals surface area contributed by atoms with Crippen molar-refractivity contribution >= 4 is 34.9 Å². The van der Waals surface area contributed by atoms with E-state index in [1.165, 1.54) is 25.6 Å². The molecule has 1 unspecified atom stereocenters. The van der Waals surface area contributed by atoms with Gasteiger partial charge in [-0.15, -0.1) is 11.3 Å². The first-order chi connectivity index (χ1) is 16.8. The van der Waals surface area contributed by atoms with Gasteiger partial charge >= 0.3 is 6.09 Å². The molecule has 0 radical (unpaired) electrons. The van der Waals surface area contributed by atoms with Crippen LogP contribution in [-0.2, 0) is 22.5 Å². The third-order valence-electron chi connectivity index (χ3n) is 7.88. The van der Waals surface area contributed by atoms with Crippen LogP contribution in [0.25, 0.3) is 0 Å². The van der Waals surface area contributed by atoms with Crippen LogP contribution in [0.3, 0.4) is 0 Å². The fourth-order valence-corrected chi connectivity index (χ4v) is 7.60. The van der Waals surface area contributed by atoms with Crippen molar-refractivity contribution in [2.75, 3.05) is 20.2 Å². The van der Waals surface area contributed by atoms with E-state index in [-0.39, 0.29) is 18.0 Å². The second-order valence-electron chi connectivity index (χ2n) is 10.00. The largest absolute Gasteiger partial charge is 0.453 e. The molecular weight excluding hydrogens is 486 g/mol. The Labute approximate surface area is 215 Å². The van der Waals surface area contributed by atoms with Crippen molar-refractivity contribution in [2.24, 2.45) is 0 Å². The summed E-state index contributed by atoms with van der Waals surface area (Å²) in [6.45, 7) is 5.85. The Kier molecular flexibility index (Phi) is 7.10. The van der Waals surface area contributed by atoms with E-state index in [2.05, 4.69) is 21.7 Å². The van der Waals surface area contributed by atoms with E-state index in [1.807, 2.05) is 12.1 Å². The SMILES string of the molecule is COC(=O)N1CCc2c(nc(C)n2C2C[C@H]3CC[C@@H](C2)N3CC[C@H](NC(C)=O)c2ccc(Cl)s2)C1. The highest BCUT2D eigenvalue weighted by molar-refractivity contribution is 7.16. The van der Waals surface area contributed by atoms with E-state index in [0.717, 1.165) is 53.0 Å². The molecule has 5 rings (SSSR count). The zero-order chi connectivity index (χ0) is 24.7. The molecule has 0 saturated carbocycles. The van der Waals surface area contributed by atoms with Crippen molar-refractivity contribution in [3.8, 4) is 0 Å². The van der Waals surface area contributed by atoms with E-state index in [0.29, 0.717) is 31.2 Å². The number of hydrogen-bond donors (Lipinski definition) is 1. The number of imidazole rings is 1. The third-order valence-corrected chi connectivity index (χ3v) is 9.22. The summed E-state index contributed by atoms with van der Waals surface area (Å²) in [5.74, 6) is 1.05. The first-order valence-corrected chi connectivity index (χ1v) is 13.7. The molecule has 2 aromatic rings. The minimum Gasteiger partial charge on any atom is -0.453 e. The maximum absolute atomic E-state index is 12.0. The van der Waals surface area contributed by atoms with Crippen LogP contribution in [0.1, 0.15) is 73.2 Å². The fraction of sp³-hybridized carbons (Fsp3) is 0.640. The van der Waals surface area contributed by atoms with E-state index < -0.39 is 0 Å². The average molecular weight is 520 g/mol. The zero-order valence-corrected chi connectivity index (χ0v) is 22.2. The second-order valence-corrected chi connectivity index (χ2v) is 11.7. The summed E-state index contributed by atoms with van der Waals surface area (Å²) in [7, 11) is 1.43. The van der Waals surface area contributed by atoms with Gasteiger partial charge in [0.1, 0.15) is 5.82 Å². The van der Waals surface area contributed by atoms with Crippen LogP contribution in [0.4, 0.5) is 4.79 Å². The van der Waals surface area contributed by atoms with Gasteiger partial charge in [-0.05, 0) is 51.2 Å². The van der Waals surface area contributed by atoms with E-state index in [1.54, 1.807) is 23.2 Å². The molecule has 2 fully saturated rings. The number of rotatable bonds is 6. The molecule has 190 valence electrons. The monoisotopic (exact) mass is 519 g/mol. The molecule has 5 heterocycles. The number of aryl methyl sites for hydroxylation is 1. The summed E-state index contributed by atoms with van der Waals surface area (Å²) in [4.78, 5) is 34.2. The fourth-order valence-electron chi connectivity index (χ4n) is 6.46. The summed E-state index contributed by atoms with van der Waals surface area (Å²) < 4.78 is 8.14. The quantitative estimate of drug-likeness (QED) is 0.609. The number of ether oxygens (including phenoxy) is 1. The lowest BCUT2D eigenvalue weighted by molar-refractivity contribution is -0.119. The molecular formula is C25H34ClN5O3S. The van der Waals surface area contributed by atoms with Gasteiger partial charge in [-0.3, -0.25) is 9.69 Å². The molecule has 0 spiro atoms. The molecule has 0 aromatic carbocycles. The van der Waals surface area contributed by atoms with Gasteiger partial charge in [0.05, 0.1) is 29.7 Å². The Morgan fingerprint density at radius 1 is 1.26 bits per heavy atom. The summed E-state index contributed by atoms with van der Waals surface area (Å²) in [6, 6.07) is 5.49. The summed E-state index contributed by atoms with van der Waals surface area (Å²) in [6.07, 6.45) is 6.12. The highest BCUT2D eigenvalue weighted by atomic mass is 35.5. The van der Waals surface area contributed by atoms with Gasteiger partial charge in [-0.1, -0.05) is 11.6 Å². The zero-order valence-electron chi connectivity index (χ0n) is 20.6. The van der Waals surface area contributed by atoms with Crippen molar-refractivity contribution in [3.63, 3.8) is 0 Å². The molecule has 35 heavy (non-hydrogen) atoms. The normalized spacial score (nSPS) is 24.8. The van der Waals surface area contributed by atoms with Crippen LogP contribution < -0.4 is 5.32 Å². The topological polar surface area (TPSA) is 79.7 Å². The minimum absolute atomic E-state index is 0.00259. The Hall–Kier alpha value is -2.10. The first kappa shape index (κ1) is 24.6. The van der Waals surface area contributed by atoms with E-state index >= 15 is 0 Å². The van der Waals surface area contributed by atoms with Crippen LogP contribution >= 0.6 is 22.9 Å². The molecule has 3 aliphatic heterocycles. The molecule has 10 heteroatoms. The third kappa shape index (κ3) is 4.95. The Bertz CT molecular complexity index is 1090. The highest BCUT2D eigenvalue weighted by Gasteiger charge is 2.42. The molecule has 3 aliphatic rings. The predicted octanol–water partition coefficient (Wildman–Crippen LogP) is 4.47. The number of nitrogens with zero attached hydrogens (tertiary/aromatic N) is 4. The number of hydrogen-bond acceptors (Lipinski definition) is 6. The van der Waals surface area contributed by atoms with Crippen molar-refractivity contribution < 1.29 is 14.3 Å². The van der Waals surface area contributed by atoms with Gasteiger partial charge in [0, 0.05) is 55.1 Å². The van der Waals surface area contributed by atoms with Gasteiger partial charge in [-0.25, -0.2) is 9.78 Å². The molecule has 2 saturated heterocycles. The lowest BCUT2D eigenvalue weighted by Gasteiger charge is -2.41. The number of methoxy groups -OCH3 is 1. The van der Waals surface area contributed by atoms with Crippen LogP contribution in [-0.4, -0.2) is 63.6 Å². The summed E-state index contributed by atoms with van der Waals surface area (Å²) in [5, 5.41) is 3.12. The van der Waals surface area contributed by atoms with Gasteiger partial charge in [0.25, 0.3) is 0 Å². The number of fused-ring (bicyclic) bond motifs is 3. The Balaban J connectivity index is 1.26. The number of aromatic nitrogens is 2. The van der Waals surface area contributed by atoms with Crippen LogP contribution in [0.2, 0.25) is 4.34 Å². The lowest BCUT2D eigenvalue weighted by atomic mass is 9.95. The van der Waals surface area contributed by atoms with Gasteiger partial charge in [0.15, 0.2) is 0 Å². The molecule has 2 bridgehead atoms. The maximum atomic E-state index is 12.0. The maximum Gasteiger partial charge on any atom is 0.409 e. The molecule has 1 N–H and O–H groups in total. The predicted molar refractivity (Wildman–Crippen MR) is 136 cm³/mol. The average Bonchev–Trinajstić information content (AvgIpc) is 3.47. The number of piperidine rings is 1. The van der Waals surface area contributed by atoms with Crippen LogP contribution in [0.5, 0.6) is 0 Å². The van der Waals surface area contributed by atoms with Gasteiger partial charge < -0.3 is 19.5 Å². The first-order valence-electron chi connectivity index (χ1n) is 12.5. The minimum atomic E-state index is -0.281. The van der Waals surface area contributed by atoms with Crippen molar-refractivity contribution in [1.29, 1.82) is 0 Å². The lowest BCUT2D eigenvalue weighted by Crippen LogP contribution is -2.45. The standard InChI is InChI=1S/C25H34ClN5O3S/c1-15-27-21-14-29(25(33)34-3)10-9-22(21)31(15)19-12-17-4-5-18(13-19)30(17)11-8-20(28-16(2)32)23-6-7-24(26)35-23/h6-7,17-20H,4-5,8-14H2,1-3H3,(H,28,32)/t17-,18+,19?,20-/m0/s1. The molecule has 2 aromatic heterocycles. The number of amides is 2. The molecule has 2 amide bonds. The number of carbonyl (C=O) groups is 2. The second kappa shape index (κ2) is 10.1. The smallest absolute Gasteiger partial charge is 0.409 e. The van der Waals surface area contributed by atoms with Gasteiger partial charge in [0.2, 0.25) is 5.91 Å². The number of nitrogens with one attached hydrogen (secondary N) is 1. The summed E-state index contributed by atoms with van der Waals surface area (Å²) in [5.41, 5.74) is 2.31. The molecule has 4 atom stereocenters. The van der Waals surface area contributed by atoms with Crippen molar-refractivity contribution in [2.45, 2.75) is 83.1 Å². The number of halogens is 1. The Morgan fingerprint density at radius 3 is 2.63 bits per heavy atom. The van der Waals surface area contributed by atoms with Crippen LogP contribution in [0.15, 0.2) is 12.1 Å². The number of carbonyl (C=O) groups excluding carboxylic acids is 2. The van der Waals surface area contributed by atoms with E-state index in [9.17, 15) is 9.59 Å². The Morgan fingerprint density at radius 2 is 2.00 bits per heavy atom. The van der Waals surface area contributed by atoms with Crippen molar-refractivity contribution in [3.05, 3.63) is 38.6 Å². The van der Waals surface area contributed by atoms with Gasteiger partial charge in [-0.2, -0.15) is 0 Å². The highest BCUT2D eigenvalue weighted by Crippen LogP contribution is 2.43. The molecule has 0 aliphatic carbocycles. The van der Waals surface area contributed by atoms with Crippen molar-refractivity contribution in [1.82, 2.24) is 24.7 Å². The van der Waals surface area contributed by atoms with Crippen LogP contribution in [0, 0.1) is 6.92 Å². The number of thiophene rings is 1. The molecule has 8 nitrogen and oxygen atoms in total. The summed E-state index contributed by atoms with van der Waals surface area (Å²) >= 11 is 7.72. The van der Waals surface area contributed by atoms with E-state index in [4.69, 9.17) is 21.3 Å².